The summed E-state index contributed by atoms with van der Waals surface area (Å²) in [4.78, 5) is 34.0. The number of hydroxylamine groups is 1. The number of benzene rings is 1. The lowest BCUT2D eigenvalue weighted by Gasteiger charge is -2.16. The number of aliphatic hydroxyl groups excluding tert-OH is 1. The minimum Gasteiger partial charge on any atom is -0.400 e. The summed E-state index contributed by atoms with van der Waals surface area (Å²) in [5, 5.41) is 12.2. The van der Waals surface area contributed by atoms with Crippen molar-refractivity contribution >= 4 is 24.8 Å². The fourth-order valence-corrected chi connectivity index (χ4v) is 2.39. The number of hydrogen-bond acceptors (Lipinski definition) is 7. The Morgan fingerprint density at radius 2 is 1.74 bits per heavy atom. The molecule has 8 nitrogen and oxygen atoms in total. The van der Waals surface area contributed by atoms with Crippen LogP contribution in [0.5, 0.6) is 0 Å². The topological polar surface area (TPSA) is 117 Å². The summed E-state index contributed by atoms with van der Waals surface area (Å²) in [6.07, 6.45) is 6.47. The molecule has 0 spiro atoms. The van der Waals surface area contributed by atoms with Crippen molar-refractivity contribution in [3.05, 3.63) is 29.3 Å². The summed E-state index contributed by atoms with van der Waals surface area (Å²) in [5.74, 6) is 0. The smallest absolute Gasteiger partial charge is 0.213 e. The largest absolute Gasteiger partial charge is 0.400 e. The van der Waals surface area contributed by atoms with Crippen LogP contribution in [-0.4, -0.2) is 43.9 Å². The highest BCUT2D eigenvalue weighted by Crippen LogP contribution is 2.19. The minimum atomic E-state index is 0.312. The molecule has 0 aromatic heterocycles. The number of aliphatic hydroxyl groups is 1. The van der Waals surface area contributed by atoms with E-state index in [9.17, 15) is 4.79 Å². The van der Waals surface area contributed by atoms with Gasteiger partial charge in [-0.1, -0.05) is 39.3 Å². The molecule has 0 heterocycles. The molecule has 0 aliphatic rings. The van der Waals surface area contributed by atoms with E-state index in [2.05, 4.69) is 49.8 Å². The molecule has 0 bridgehead atoms. The van der Waals surface area contributed by atoms with Crippen LogP contribution in [0, 0.1) is 6.92 Å². The van der Waals surface area contributed by atoms with Crippen LogP contribution in [0.4, 0.5) is 5.69 Å². The Morgan fingerprint density at radius 3 is 2.26 bits per heavy atom. The predicted octanol–water partition coefficient (Wildman–Crippen LogP) is 3.51. The molecule has 180 valence electrons. The number of imide groups is 1. The average molecular weight is 442 g/mol. The molecule has 8 heteroatoms. The molecule has 0 aliphatic carbocycles. The van der Waals surface area contributed by atoms with Crippen LogP contribution in [0.2, 0.25) is 0 Å². The van der Waals surface area contributed by atoms with Gasteiger partial charge in [-0.05, 0) is 50.3 Å². The van der Waals surface area contributed by atoms with Crippen LogP contribution in [0.15, 0.2) is 18.2 Å². The lowest BCUT2D eigenvalue weighted by atomic mass is 10.1. The maximum atomic E-state index is 10.3. The van der Waals surface area contributed by atoms with Gasteiger partial charge in [0.15, 0.2) is 0 Å². The second-order valence-electron chi connectivity index (χ2n) is 6.18. The SMILES string of the molecule is CC.CCCC(C)NOCc1cccc(NCCCCC=O)c1C.CO.O=CNC=O. The number of unbranched alkanes of at least 4 members (excludes halogenated alkanes) is 2. The van der Waals surface area contributed by atoms with Gasteiger partial charge in [-0.2, -0.15) is 5.48 Å². The Bertz CT molecular complexity index is 536. The zero-order chi connectivity index (χ0) is 24.3. The van der Waals surface area contributed by atoms with E-state index in [-0.39, 0.29) is 0 Å². The molecule has 31 heavy (non-hydrogen) atoms. The van der Waals surface area contributed by atoms with Crippen molar-refractivity contribution in [2.75, 3.05) is 19.0 Å². The maximum absolute atomic E-state index is 10.3. The number of nitrogens with one attached hydrogen (secondary N) is 3. The third-order valence-electron chi connectivity index (χ3n) is 3.88. The highest BCUT2D eigenvalue weighted by Gasteiger charge is 2.05. The van der Waals surface area contributed by atoms with Gasteiger partial charge in [0.05, 0.1) is 6.61 Å². The van der Waals surface area contributed by atoms with E-state index in [1.54, 1.807) is 5.32 Å². The van der Waals surface area contributed by atoms with Crippen LogP contribution in [0.3, 0.4) is 0 Å². The molecule has 1 atom stereocenters. The van der Waals surface area contributed by atoms with E-state index >= 15 is 0 Å². The molecule has 4 N–H and O–H groups in total. The van der Waals surface area contributed by atoms with Gasteiger partial charge in [0.2, 0.25) is 12.8 Å². The Hall–Kier alpha value is -2.29. The van der Waals surface area contributed by atoms with Gasteiger partial charge in [0, 0.05) is 31.8 Å². The first-order valence-corrected chi connectivity index (χ1v) is 10.8. The molecule has 0 saturated carbocycles. The Labute approximate surface area is 188 Å². The van der Waals surface area contributed by atoms with Crippen LogP contribution in [-0.2, 0) is 25.8 Å². The van der Waals surface area contributed by atoms with Crippen molar-refractivity contribution in [2.45, 2.75) is 79.4 Å². The molecule has 0 fully saturated rings. The third kappa shape index (κ3) is 20.8. The van der Waals surface area contributed by atoms with E-state index in [4.69, 9.17) is 19.5 Å². The highest BCUT2D eigenvalue weighted by molar-refractivity contribution is 5.67. The zero-order valence-corrected chi connectivity index (χ0v) is 20.1. The highest BCUT2D eigenvalue weighted by atomic mass is 16.6. The number of hydrogen-bond donors (Lipinski definition) is 4. The van der Waals surface area contributed by atoms with Crippen LogP contribution < -0.4 is 16.1 Å². The summed E-state index contributed by atoms with van der Waals surface area (Å²) in [7, 11) is 1.00. The van der Waals surface area contributed by atoms with E-state index in [0.717, 1.165) is 51.3 Å². The Morgan fingerprint density at radius 1 is 1.10 bits per heavy atom. The molecule has 0 radical (unpaired) electrons. The normalized spacial score (nSPS) is 9.90. The summed E-state index contributed by atoms with van der Waals surface area (Å²) in [6.45, 7) is 11.9. The zero-order valence-electron chi connectivity index (χ0n) is 20.1. The fourth-order valence-electron chi connectivity index (χ4n) is 2.39. The van der Waals surface area contributed by atoms with Crippen molar-refractivity contribution in [3.8, 4) is 0 Å². The molecule has 1 unspecified atom stereocenters. The quantitative estimate of drug-likeness (QED) is 0.198. The lowest BCUT2D eigenvalue weighted by molar-refractivity contribution is -0.117. The van der Waals surface area contributed by atoms with E-state index in [1.165, 1.54) is 11.1 Å². The van der Waals surface area contributed by atoms with Crippen molar-refractivity contribution < 1.29 is 24.3 Å². The van der Waals surface area contributed by atoms with Gasteiger partial charge >= 0.3 is 0 Å². The van der Waals surface area contributed by atoms with E-state index in [1.807, 2.05) is 13.8 Å². The van der Waals surface area contributed by atoms with Gasteiger partial charge < -0.3 is 20.5 Å². The van der Waals surface area contributed by atoms with E-state index < -0.39 is 0 Å². The molecular weight excluding hydrogens is 398 g/mol. The molecule has 1 aromatic carbocycles. The number of amides is 2. The minimum absolute atomic E-state index is 0.312. The van der Waals surface area contributed by atoms with Gasteiger partial charge in [-0.3, -0.25) is 14.4 Å². The van der Waals surface area contributed by atoms with Crippen LogP contribution in [0.1, 0.15) is 70.9 Å². The second-order valence-corrected chi connectivity index (χ2v) is 6.18. The maximum Gasteiger partial charge on any atom is 0.213 e. The number of rotatable bonds is 14. The number of carbonyl (C=O) groups excluding carboxylic acids is 3. The summed E-state index contributed by atoms with van der Waals surface area (Å²) in [6, 6.07) is 6.61. The average Bonchev–Trinajstić information content (AvgIpc) is 2.79. The molecule has 1 rings (SSSR count). The van der Waals surface area contributed by atoms with Gasteiger partial charge in [-0.25, -0.2) is 0 Å². The van der Waals surface area contributed by atoms with Crippen LogP contribution in [0.25, 0.3) is 0 Å². The van der Waals surface area contributed by atoms with E-state index in [0.29, 0.717) is 31.9 Å². The van der Waals surface area contributed by atoms with Gasteiger partial charge in [0.1, 0.15) is 6.29 Å². The summed E-state index contributed by atoms with van der Waals surface area (Å²) >= 11 is 0. The lowest BCUT2D eigenvalue weighted by Crippen LogP contribution is -2.25. The first-order valence-electron chi connectivity index (χ1n) is 10.8. The first-order chi connectivity index (χ1) is 15.1. The summed E-state index contributed by atoms with van der Waals surface area (Å²) in [5.41, 5.74) is 6.65. The standard InChI is InChI=1S/C18H30N2O2.C2H3NO2.C2H6.CH4O/c1-4-9-15(2)20-22-14-17-10-8-11-18(16(17)3)19-12-6-5-7-13-21;4-1-3-2-5;2*1-2/h8,10-11,13,15,19-20H,4-7,9,12,14H2,1-3H3;1-2H,(H,3,4,5);1-2H3;2H,1H3. The molecule has 0 aliphatic heterocycles. The van der Waals surface area contributed by atoms with Crippen molar-refractivity contribution in [1.29, 1.82) is 0 Å². The van der Waals surface area contributed by atoms with Gasteiger partial charge in [-0.15, -0.1) is 0 Å². The molecular formula is C23H43N3O5. The third-order valence-corrected chi connectivity index (χ3v) is 3.88. The van der Waals surface area contributed by atoms with Gasteiger partial charge in [0.25, 0.3) is 0 Å². The molecule has 0 saturated heterocycles. The first kappa shape index (κ1) is 33.4. The fraction of sp³-hybridized carbons (Fsp3) is 0.609. The molecule has 2 amide bonds. The van der Waals surface area contributed by atoms with Crippen molar-refractivity contribution in [3.63, 3.8) is 0 Å². The monoisotopic (exact) mass is 441 g/mol. The Balaban J connectivity index is -0.000000747. The number of aldehydes is 1. The second kappa shape index (κ2) is 27.7. The molecule has 1 aromatic rings. The predicted molar refractivity (Wildman–Crippen MR) is 127 cm³/mol. The number of anilines is 1. The summed E-state index contributed by atoms with van der Waals surface area (Å²) < 4.78 is 0. The van der Waals surface area contributed by atoms with Crippen molar-refractivity contribution in [2.24, 2.45) is 0 Å². The Kier molecular flexibility index (Phi) is 29.8. The van der Waals surface area contributed by atoms with Crippen molar-refractivity contribution in [1.82, 2.24) is 10.8 Å². The number of carbonyl (C=O) groups is 3. The van der Waals surface area contributed by atoms with Crippen LogP contribution >= 0.6 is 0 Å².